The van der Waals surface area contributed by atoms with Gasteiger partial charge in [-0.2, -0.15) is 15.3 Å². The highest BCUT2D eigenvalue weighted by Crippen LogP contribution is 2.61. The maximum absolute atomic E-state index is 13.9. The van der Waals surface area contributed by atoms with Gasteiger partial charge in [-0.1, -0.05) is 45.0 Å². The number of aromatic nitrogens is 17. The summed E-state index contributed by atoms with van der Waals surface area (Å²) in [5.41, 5.74) is 9.92. The molecule has 3 aliphatic heterocycles. The summed E-state index contributed by atoms with van der Waals surface area (Å²) < 4.78 is 6.49. The summed E-state index contributed by atoms with van der Waals surface area (Å²) in [6.07, 6.45) is 16.1. The Morgan fingerprint density at radius 3 is 1.36 bits per heavy atom. The van der Waals surface area contributed by atoms with E-state index in [0.717, 1.165) is 47.1 Å². The number of benzene rings is 1. The van der Waals surface area contributed by atoms with E-state index >= 15 is 0 Å². The number of rotatable bonds is 18. The Kier molecular flexibility index (Phi) is 21.7. The fourth-order valence-electron chi connectivity index (χ4n) is 17.1. The number of pyridine rings is 5. The maximum atomic E-state index is 13.9. The molecule has 6 amide bonds. The molecule has 3 aliphatic carbocycles. The van der Waals surface area contributed by atoms with Crippen molar-refractivity contribution >= 4 is 151 Å². The Hall–Kier alpha value is -12.1. The molecule has 0 unspecified atom stereocenters. The van der Waals surface area contributed by atoms with Crippen LogP contribution in [0.2, 0.25) is 0 Å². The lowest BCUT2D eigenvalue weighted by molar-refractivity contribution is -0.138. The average Bonchev–Trinajstić information content (AvgIpc) is 1.55. The van der Waals surface area contributed by atoms with Gasteiger partial charge in [0.1, 0.15) is 104 Å². The van der Waals surface area contributed by atoms with Gasteiger partial charge >= 0.3 is 0 Å². The van der Waals surface area contributed by atoms with Crippen molar-refractivity contribution < 1.29 is 43.2 Å². The van der Waals surface area contributed by atoms with Crippen LogP contribution in [0, 0.1) is 64.7 Å². The Labute approximate surface area is 719 Å². The molecule has 3 saturated carbocycles. The van der Waals surface area contributed by atoms with Crippen LogP contribution in [0.15, 0.2) is 124 Å². The number of nitrogens with zero attached hydrogens (tertiary/aromatic N) is 20. The number of carbonyl (C=O) groups excluding carboxylic acids is 9. The minimum Gasteiger partial charge on any atom is -0.325 e. The van der Waals surface area contributed by atoms with Gasteiger partial charge in [0.25, 0.3) is 0 Å². The molecule has 618 valence electrons. The standard InChI is InChI=1S/C30H31BrN8O3.C28H27BrN8O3.C28H26BrN7O3/c1-14-7-15(2)28(35-27(14)31)36-29(42)22-9-30(6)10-23(30)39(22)24(41)13-38-26-16(3)34-21(19-11-32-18(5)33-12-19)8-20(26)25(37-38)17(4)40;1-14-5-6-23(29)33-26(14)34-27(40)20-8-28(4)9-22(28)37(20)24(39)13-36-21-12-32-19(17-10-30-16(3)31-11-17)7-18(21)25(35-36)15(2)38;1-15(37)26-19-9-17(18-12-30-16(2)31-13-18)7-8-20(19)35(34-26)14-25(38)36-21(10-28(3)11-22(28)36)27(39)33-24-6-4-5-23(29)32-24/h7-8,11-12,22-23H,9-10,13H2,1-6H3,(H,35,36,42);5-7,10-12,20,22H,8-9,13H2,1-4H3,(H,33,34,40);4-9,12-13,21-22H,10-11,14H2,1-3H3,(H,32,33,39)/t22-,23+,30-;20-,22+,28-;21-,22+,28-/m000/s1. The summed E-state index contributed by atoms with van der Waals surface area (Å²) in [4.78, 5) is 172. The fourth-order valence-corrected chi connectivity index (χ4v) is 18.1. The SMILES string of the molecule is CC(=O)c1nn(CC(=O)N2[C@H](C(=O)Nc3cccc(Br)n3)C[C@@]3(C)C[C@@H]23)c2ccc(-c3cnc(C)nc3)cc12.CC(=O)c1nn(CC(=O)N2[C@H](C(=O)Nc3nc(Br)c(C)cc3C)C[C@@]3(C)C[C@@H]23)c2c(C)nc(-c3cnc(C)nc3)cc12.CC(=O)c1nn(CC(=O)N2[C@H](C(=O)Nc3nc(Br)ccc3C)C[C@@]3(C)C[C@@H]23)c2cnc(-c3cnc(C)nc3)cc12. The quantitative estimate of drug-likeness (QED) is 0.0530. The molecule has 18 rings (SSSR count). The monoisotopic (exact) mass is 1820 g/mol. The number of nitrogens with one attached hydrogen (secondary N) is 3. The molecule has 9 atom stereocenters. The van der Waals surface area contributed by atoms with Crippen LogP contribution in [-0.4, -0.2) is 188 Å². The number of aryl methyl sites for hydroxylation is 7. The number of likely N-dealkylation sites (tertiary alicyclic amines) is 3. The summed E-state index contributed by atoms with van der Waals surface area (Å²) in [7, 11) is 0. The van der Waals surface area contributed by atoms with Gasteiger partial charge in [-0.3, -0.25) is 67.2 Å². The van der Waals surface area contributed by atoms with Crippen LogP contribution in [0.3, 0.4) is 0 Å². The summed E-state index contributed by atoms with van der Waals surface area (Å²) >= 11 is 10.1. The Morgan fingerprint density at radius 2 is 0.843 bits per heavy atom. The number of anilines is 3. The van der Waals surface area contributed by atoms with Crippen LogP contribution in [0.5, 0.6) is 0 Å². The first-order valence-electron chi connectivity index (χ1n) is 39.4. The molecule has 0 spiro atoms. The topological polar surface area (TPSA) is 395 Å². The van der Waals surface area contributed by atoms with Crippen molar-refractivity contribution in [2.45, 2.75) is 184 Å². The van der Waals surface area contributed by atoms with Crippen LogP contribution < -0.4 is 16.0 Å². The Morgan fingerprint density at radius 1 is 0.405 bits per heavy atom. The second-order valence-electron chi connectivity index (χ2n) is 33.1. The highest BCUT2D eigenvalue weighted by Gasteiger charge is 2.67. The summed E-state index contributed by atoms with van der Waals surface area (Å²) in [6, 6.07) is 18.2. The van der Waals surface area contributed by atoms with E-state index in [1.165, 1.54) is 25.5 Å². The average molecular weight is 1820 g/mol. The van der Waals surface area contributed by atoms with Crippen molar-refractivity contribution in [1.82, 2.24) is 98.9 Å². The van der Waals surface area contributed by atoms with Gasteiger partial charge in [-0.05, 0) is 216 Å². The van der Waals surface area contributed by atoms with Crippen molar-refractivity contribution in [1.29, 1.82) is 0 Å². The van der Waals surface area contributed by atoms with E-state index in [2.05, 4.69) is 150 Å². The number of fused-ring (bicyclic) bond motifs is 6. The predicted molar refractivity (Wildman–Crippen MR) is 458 cm³/mol. The zero-order valence-electron chi connectivity index (χ0n) is 68.5. The molecule has 11 aromatic heterocycles. The lowest BCUT2D eigenvalue weighted by Crippen LogP contribution is -2.47. The van der Waals surface area contributed by atoms with Gasteiger partial charge in [-0.25, -0.2) is 44.9 Å². The minimum absolute atomic E-state index is 0.00142. The third-order valence-electron chi connectivity index (χ3n) is 23.9. The predicted octanol–water partition coefficient (Wildman–Crippen LogP) is 12.6. The van der Waals surface area contributed by atoms with Gasteiger partial charge in [0.15, 0.2) is 17.3 Å². The molecule has 1 aromatic carbocycles. The van der Waals surface area contributed by atoms with Crippen molar-refractivity contribution in [2.75, 3.05) is 16.0 Å². The summed E-state index contributed by atoms with van der Waals surface area (Å²) in [5.74, 6) is 1.20. The van der Waals surface area contributed by atoms with Gasteiger partial charge in [-0.15, -0.1) is 0 Å². The zero-order chi connectivity index (χ0) is 85.9. The van der Waals surface area contributed by atoms with E-state index in [-0.39, 0.29) is 118 Å². The van der Waals surface area contributed by atoms with Crippen molar-refractivity contribution in [2.24, 2.45) is 16.2 Å². The third-order valence-corrected chi connectivity index (χ3v) is 25.6. The highest BCUT2D eigenvalue weighted by molar-refractivity contribution is 9.11. The fraction of sp³-hybridized carbons (Fsp3) is 0.360. The molecule has 35 heteroatoms. The molecule has 6 aliphatic rings. The van der Waals surface area contributed by atoms with E-state index < -0.39 is 18.1 Å². The Balaban J connectivity index is 0.000000135. The first-order chi connectivity index (χ1) is 57.5. The number of carbonyl (C=O) groups is 9. The van der Waals surface area contributed by atoms with Crippen molar-refractivity contribution in [3.05, 3.63) is 181 Å². The number of Topliss-reactive ketones (excluding diaryl/α,β-unsaturated/α-hetero) is 3. The van der Waals surface area contributed by atoms with E-state index in [1.807, 2.05) is 71.0 Å². The lowest BCUT2D eigenvalue weighted by Gasteiger charge is -2.27. The Bertz CT molecular complexity index is 6360. The van der Waals surface area contributed by atoms with Crippen LogP contribution in [0.25, 0.3) is 66.4 Å². The minimum atomic E-state index is -0.635. The van der Waals surface area contributed by atoms with Crippen LogP contribution in [0.1, 0.15) is 151 Å². The normalized spacial score (nSPS) is 21.3. The molecule has 6 fully saturated rings. The van der Waals surface area contributed by atoms with Gasteiger partial charge in [0.05, 0.1) is 39.8 Å². The first-order valence-corrected chi connectivity index (χ1v) is 41.8. The second-order valence-corrected chi connectivity index (χ2v) is 35.5. The molecule has 12 aromatic rings. The van der Waals surface area contributed by atoms with Crippen molar-refractivity contribution in [3.8, 4) is 33.6 Å². The molecule has 3 saturated heterocycles. The van der Waals surface area contributed by atoms with Crippen LogP contribution in [0.4, 0.5) is 17.5 Å². The largest absolute Gasteiger partial charge is 0.325 e. The molecular formula is C86H84Br3N23O9. The van der Waals surface area contributed by atoms with E-state index in [9.17, 15) is 43.2 Å². The maximum Gasteiger partial charge on any atom is 0.248 e. The molecule has 0 radical (unpaired) electrons. The van der Waals surface area contributed by atoms with Gasteiger partial charge in [0.2, 0.25) is 35.4 Å². The smallest absolute Gasteiger partial charge is 0.248 e. The van der Waals surface area contributed by atoms with E-state index in [0.29, 0.717) is 135 Å². The second kappa shape index (κ2) is 31.8. The first kappa shape index (κ1) is 82.6. The van der Waals surface area contributed by atoms with Gasteiger partial charge in [0, 0.05) is 109 Å². The van der Waals surface area contributed by atoms with Crippen LogP contribution in [-0.2, 0) is 48.4 Å². The van der Waals surface area contributed by atoms with E-state index in [1.54, 1.807) is 112 Å². The molecular weight excluding hydrogens is 1740 g/mol. The number of halogens is 3. The number of piperidine rings is 3. The van der Waals surface area contributed by atoms with Crippen LogP contribution >= 0.6 is 47.8 Å². The van der Waals surface area contributed by atoms with Crippen molar-refractivity contribution in [3.63, 3.8) is 0 Å². The number of amides is 6. The molecule has 32 nitrogen and oxygen atoms in total. The number of ketones is 3. The number of hydrogen-bond acceptors (Lipinski definition) is 23. The molecule has 3 N–H and O–H groups in total. The van der Waals surface area contributed by atoms with E-state index in [4.69, 9.17) is 4.98 Å². The number of hydrogen-bond donors (Lipinski definition) is 3. The molecule has 0 bridgehead atoms. The summed E-state index contributed by atoms with van der Waals surface area (Å²) in [5, 5.41) is 24.2. The third kappa shape index (κ3) is 16.2. The highest BCUT2D eigenvalue weighted by atomic mass is 79.9. The lowest BCUT2D eigenvalue weighted by atomic mass is 10.0. The molecule has 14 heterocycles. The zero-order valence-corrected chi connectivity index (χ0v) is 73.2. The summed E-state index contributed by atoms with van der Waals surface area (Å²) in [6.45, 7) is 23.3. The molecule has 121 heavy (non-hydrogen) atoms. The van der Waals surface area contributed by atoms with Gasteiger partial charge < -0.3 is 30.7 Å².